The molecule has 0 saturated carbocycles. The molecule has 174 valence electrons. The highest BCUT2D eigenvalue weighted by molar-refractivity contribution is 14.0. The maximum absolute atomic E-state index is 6.13. The minimum absolute atomic E-state index is 0. The zero-order valence-corrected chi connectivity index (χ0v) is 21.0. The minimum Gasteiger partial charge on any atom is -0.492 e. The lowest BCUT2D eigenvalue weighted by atomic mass is 9.87. The van der Waals surface area contributed by atoms with Crippen molar-refractivity contribution in [2.24, 2.45) is 10.4 Å². The molecule has 3 fully saturated rings. The summed E-state index contributed by atoms with van der Waals surface area (Å²) in [5, 5.41) is 3.48. The lowest BCUT2D eigenvalue weighted by molar-refractivity contribution is 0.0322. The second-order valence-corrected chi connectivity index (χ2v) is 8.55. The van der Waals surface area contributed by atoms with Crippen LogP contribution in [0.1, 0.15) is 25.3 Å². The molecular formula is C23H37IN4O3. The van der Waals surface area contributed by atoms with Gasteiger partial charge in [0.05, 0.1) is 26.4 Å². The average molecular weight is 544 g/mol. The molecule has 1 N–H and O–H groups in total. The second-order valence-electron chi connectivity index (χ2n) is 8.55. The summed E-state index contributed by atoms with van der Waals surface area (Å²) in [5.74, 6) is 1.94. The van der Waals surface area contributed by atoms with E-state index in [0.717, 1.165) is 83.0 Å². The van der Waals surface area contributed by atoms with Crippen molar-refractivity contribution in [2.45, 2.75) is 26.3 Å². The number of para-hydroxylation sites is 1. The number of halogens is 1. The third kappa shape index (κ3) is 6.69. The summed E-state index contributed by atoms with van der Waals surface area (Å²) in [6.07, 6.45) is 2.36. The topological polar surface area (TPSA) is 58.6 Å². The number of rotatable bonds is 7. The van der Waals surface area contributed by atoms with E-state index in [1.54, 1.807) is 0 Å². The van der Waals surface area contributed by atoms with Crippen molar-refractivity contribution in [2.75, 3.05) is 72.3 Å². The molecule has 1 spiro atoms. The molecule has 1 unspecified atom stereocenters. The Morgan fingerprint density at radius 2 is 1.97 bits per heavy atom. The normalized spacial score (nSPS) is 24.4. The van der Waals surface area contributed by atoms with Gasteiger partial charge in [0.2, 0.25) is 0 Å². The van der Waals surface area contributed by atoms with Crippen molar-refractivity contribution in [1.29, 1.82) is 0 Å². The van der Waals surface area contributed by atoms with E-state index in [1.165, 1.54) is 12.8 Å². The van der Waals surface area contributed by atoms with E-state index in [9.17, 15) is 0 Å². The van der Waals surface area contributed by atoms with Gasteiger partial charge >= 0.3 is 0 Å². The zero-order valence-electron chi connectivity index (χ0n) is 18.7. The van der Waals surface area contributed by atoms with E-state index in [1.807, 2.05) is 6.07 Å². The highest BCUT2D eigenvalue weighted by atomic mass is 127. The Bertz CT molecular complexity index is 706. The molecular weight excluding hydrogens is 507 g/mol. The molecule has 3 aliphatic heterocycles. The Hall–Kier alpha value is -1.10. The quantitative estimate of drug-likeness (QED) is 0.324. The van der Waals surface area contributed by atoms with Gasteiger partial charge in [-0.25, -0.2) is 4.99 Å². The Morgan fingerprint density at radius 1 is 1.13 bits per heavy atom. The number of morpholine rings is 1. The third-order valence-electron chi connectivity index (χ3n) is 6.40. The molecule has 0 radical (unpaired) electrons. The zero-order chi connectivity index (χ0) is 20.7. The van der Waals surface area contributed by atoms with Crippen molar-refractivity contribution in [3.05, 3.63) is 29.8 Å². The average Bonchev–Trinajstić information content (AvgIpc) is 3.42. The van der Waals surface area contributed by atoms with Crippen molar-refractivity contribution < 1.29 is 14.2 Å². The maximum atomic E-state index is 6.13. The van der Waals surface area contributed by atoms with Crippen molar-refractivity contribution >= 4 is 29.9 Å². The second kappa shape index (κ2) is 12.2. The summed E-state index contributed by atoms with van der Waals surface area (Å²) < 4.78 is 17.2. The van der Waals surface area contributed by atoms with Crippen LogP contribution in [0.15, 0.2) is 29.3 Å². The largest absolute Gasteiger partial charge is 0.492 e. The number of hydrogen-bond acceptors (Lipinski definition) is 5. The summed E-state index contributed by atoms with van der Waals surface area (Å²) in [4.78, 5) is 9.76. The van der Waals surface area contributed by atoms with Gasteiger partial charge in [-0.05, 0) is 25.8 Å². The summed E-state index contributed by atoms with van der Waals surface area (Å²) in [5.41, 5.74) is 1.46. The fraction of sp³-hybridized carbons (Fsp3) is 0.696. The van der Waals surface area contributed by atoms with E-state index in [4.69, 9.17) is 19.2 Å². The van der Waals surface area contributed by atoms with Gasteiger partial charge < -0.3 is 24.4 Å². The standard InChI is InChI=1S/C23H36N4O3.HI/c1-2-24-22(27-9-7-23(18-27)8-13-29-19-23)25-17-20-5-3-4-6-21(20)30-16-12-26-10-14-28-15-11-26;/h3-6H,2,7-19H2,1H3,(H,24,25);1H. The van der Waals surface area contributed by atoms with E-state index < -0.39 is 0 Å². The number of benzene rings is 1. The van der Waals surface area contributed by atoms with Crippen LogP contribution in [0.5, 0.6) is 5.75 Å². The van der Waals surface area contributed by atoms with Gasteiger partial charge in [0.1, 0.15) is 12.4 Å². The van der Waals surface area contributed by atoms with Gasteiger partial charge in [-0.2, -0.15) is 0 Å². The van der Waals surface area contributed by atoms with Gasteiger partial charge in [-0.1, -0.05) is 18.2 Å². The molecule has 7 nitrogen and oxygen atoms in total. The number of ether oxygens (including phenoxy) is 3. The van der Waals surface area contributed by atoms with Crippen LogP contribution < -0.4 is 10.1 Å². The molecule has 0 amide bonds. The molecule has 3 heterocycles. The van der Waals surface area contributed by atoms with E-state index in [2.05, 4.69) is 40.2 Å². The van der Waals surface area contributed by atoms with Gasteiger partial charge in [-0.15, -0.1) is 24.0 Å². The molecule has 3 saturated heterocycles. The lowest BCUT2D eigenvalue weighted by Crippen LogP contribution is -2.41. The Morgan fingerprint density at radius 3 is 2.74 bits per heavy atom. The van der Waals surface area contributed by atoms with Crippen LogP contribution in [0.4, 0.5) is 0 Å². The van der Waals surface area contributed by atoms with E-state index in [-0.39, 0.29) is 24.0 Å². The highest BCUT2D eigenvalue weighted by Gasteiger charge is 2.42. The van der Waals surface area contributed by atoms with Gasteiger partial charge in [0.15, 0.2) is 5.96 Å². The third-order valence-corrected chi connectivity index (χ3v) is 6.40. The smallest absolute Gasteiger partial charge is 0.194 e. The fourth-order valence-electron chi connectivity index (χ4n) is 4.56. The number of nitrogens with zero attached hydrogens (tertiary/aromatic N) is 3. The molecule has 0 aromatic heterocycles. The number of hydrogen-bond donors (Lipinski definition) is 1. The molecule has 1 atom stereocenters. The van der Waals surface area contributed by atoms with Gasteiger partial charge in [0, 0.05) is 56.9 Å². The predicted molar refractivity (Wildman–Crippen MR) is 133 cm³/mol. The summed E-state index contributed by atoms with van der Waals surface area (Å²) >= 11 is 0. The van der Waals surface area contributed by atoms with Crippen LogP contribution in [0.2, 0.25) is 0 Å². The molecule has 3 aliphatic rings. The van der Waals surface area contributed by atoms with E-state index in [0.29, 0.717) is 18.6 Å². The maximum Gasteiger partial charge on any atom is 0.194 e. The van der Waals surface area contributed by atoms with Crippen LogP contribution in [0.25, 0.3) is 0 Å². The highest BCUT2D eigenvalue weighted by Crippen LogP contribution is 2.38. The summed E-state index contributed by atoms with van der Waals surface area (Å²) in [6.45, 7) is 12.7. The van der Waals surface area contributed by atoms with Crippen LogP contribution in [-0.4, -0.2) is 88.1 Å². The van der Waals surface area contributed by atoms with Crippen molar-refractivity contribution in [3.63, 3.8) is 0 Å². The van der Waals surface area contributed by atoms with Crippen LogP contribution >= 0.6 is 24.0 Å². The molecule has 1 aromatic carbocycles. The first-order chi connectivity index (χ1) is 14.8. The number of likely N-dealkylation sites (tertiary alicyclic amines) is 1. The SMILES string of the molecule is CCNC(=NCc1ccccc1OCCN1CCOCC1)N1CCC2(CCOC2)C1.I. The molecule has 0 bridgehead atoms. The van der Waals surface area contributed by atoms with Gasteiger partial charge in [0.25, 0.3) is 0 Å². The Labute approximate surface area is 203 Å². The van der Waals surface area contributed by atoms with Gasteiger partial charge in [-0.3, -0.25) is 4.90 Å². The summed E-state index contributed by atoms with van der Waals surface area (Å²) in [7, 11) is 0. The van der Waals surface area contributed by atoms with Crippen LogP contribution in [0.3, 0.4) is 0 Å². The number of nitrogens with one attached hydrogen (secondary N) is 1. The summed E-state index contributed by atoms with van der Waals surface area (Å²) in [6, 6.07) is 8.27. The first-order valence-electron chi connectivity index (χ1n) is 11.4. The molecule has 0 aliphatic carbocycles. The first-order valence-corrected chi connectivity index (χ1v) is 11.4. The minimum atomic E-state index is 0. The first kappa shape index (κ1) is 24.5. The predicted octanol–water partition coefficient (Wildman–Crippen LogP) is 2.59. The number of guanidine groups is 1. The van der Waals surface area contributed by atoms with Crippen molar-refractivity contribution in [3.8, 4) is 5.75 Å². The lowest BCUT2D eigenvalue weighted by Gasteiger charge is -2.26. The van der Waals surface area contributed by atoms with E-state index >= 15 is 0 Å². The molecule has 1 aromatic rings. The number of aliphatic imine (C=N–C) groups is 1. The Balaban J connectivity index is 0.00000272. The van der Waals surface area contributed by atoms with Crippen LogP contribution in [0, 0.1) is 5.41 Å². The van der Waals surface area contributed by atoms with Crippen molar-refractivity contribution in [1.82, 2.24) is 15.1 Å². The Kier molecular flexibility index (Phi) is 9.68. The van der Waals surface area contributed by atoms with Crippen LogP contribution in [-0.2, 0) is 16.0 Å². The monoisotopic (exact) mass is 544 g/mol. The molecule has 31 heavy (non-hydrogen) atoms. The fourth-order valence-corrected chi connectivity index (χ4v) is 4.56. The molecule has 4 rings (SSSR count). The molecule has 8 heteroatoms.